The van der Waals surface area contributed by atoms with Gasteiger partial charge in [0.1, 0.15) is 35.3 Å². The molecular formula is C37H46N6O8S. The molecule has 6 rings (SSSR count). The minimum atomic E-state index is -3.88. The fourth-order valence-corrected chi connectivity index (χ4v) is 8.18. The molecule has 3 fully saturated rings. The summed E-state index contributed by atoms with van der Waals surface area (Å²) >= 11 is 0. The maximum atomic E-state index is 14.5. The van der Waals surface area contributed by atoms with E-state index in [4.69, 9.17) is 14.2 Å². The number of pyridine rings is 2. The number of carbonyl (C=O) groups is 3. The number of rotatable bonds is 14. The van der Waals surface area contributed by atoms with Gasteiger partial charge in [-0.05, 0) is 80.3 Å². The number of likely N-dealkylation sites (tertiary alicyclic amines) is 1. The van der Waals surface area contributed by atoms with Crippen LogP contribution in [0.5, 0.6) is 17.5 Å². The zero-order chi connectivity index (χ0) is 37.5. The van der Waals surface area contributed by atoms with Crippen molar-refractivity contribution in [3.05, 3.63) is 60.3 Å². The van der Waals surface area contributed by atoms with Crippen molar-refractivity contribution in [3.8, 4) is 17.5 Å². The molecule has 3 aliphatic rings. The van der Waals surface area contributed by atoms with Gasteiger partial charge in [-0.25, -0.2) is 13.4 Å². The van der Waals surface area contributed by atoms with Crippen molar-refractivity contribution in [2.75, 3.05) is 26.1 Å². The van der Waals surface area contributed by atoms with Gasteiger partial charge in [0, 0.05) is 29.5 Å². The predicted molar refractivity (Wildman–Crippen MR) is 195 cm³/mol. The summed E-state index contributed by atoms with van der Waals surface area (Å²) in [6.07, 6.45) is 2.02. The molecule has 0 spiro atoms. The number of carbonyl (C=O) groups excluding carboxylic acids is 3. The molecule has 1 aliphatic heterocycles. The zero-order valence-corrected chi connectivity index (χ0v) is 31.1. The number of hydrogen-bond donors (Lipinski definition) is 3. The van der Waals surface area contributed by atoms with Crippen molar-refractivity contribution in [3.63, 3.8) is 0 Å². The van der Waals surface area contributed by atoms with Crippen LogP contribution in [0.2, 0.25) is 0 Å². The molecule has 0 unspecified atom stereocenters. The first-order valence-electron chi connectivity index (χ1n) is 17.4. The van der Waals surface area contributed by atoms with Crippen LogP contribution in [0, 0.1) is 25.7 Å². The molecule has 1 saturated heterocycles. The zero-order valence-electron chi connectivity index (χ0n) is 30.3. The first-order chi connectivity index (χ1) is 24.7. The minimum Gasteiger partial charge on any atom is -0.497 e. The number of sulfonamides is 1. The van der Waals surface area contributed by atoms with E-state index in [9.17, 15) is 22.8 Å². The molecule has 0 bridgehead atoms. The van der Waals surface area contributed by atoms with Gasteiger partial charge < -0.3 is 29.7 Å². The third-order valence-corrected chi connectivity index (χ3v) is 11.7. The molecule has 2 aliphatic carbocycles. The molecule has 52 heavy (non-hydrogen) atoms. The lowest BCUT2D eigenvalue weighted by Crippen LogP contribution is -2.58. The Morgan fingerprint density at radius 2 is 1.81 bits per heavy atom. The molecule has 3 amide bonds. The number of aryl methyl sites for hydroxylation is 2. The van der Waals surface area contributed by atoms with Gasteiger partial charge >= 0.3 is 0 Å². The normalized spacial score (nSPS) is 23.1. The van der Waals surface area contributed by atoms with E-state index < -0.39 is 56.7 Å². The van der Waals surface area contributed by atoms with E-state index in [1.54, 1.807) is 19.2 Å². The lowest BCUT2D eigenvalue weighted by Gasteiger charge is -2.31. The van der Waals surface area contributed by atoms with Crippen LogP contribution in [0.25, 0.3) is 10.8 Å². The lowest BCUT2D eigenvalue weighted by molar-refractivity contribution is -0.140. The van der Waals surface area contributed by atoms with E-state index in [-0.39, 0.29) is 37.1 Å². The van der Waals surface area contributed by atoms with Crippen molar-refractivity contribution in [1.82, 2.24) is 24.9 Å². The SMILES string of the molecule is C=C[C@@H]1C[C@]1(NC(=O)[C@@H]1C[C@@H](Oc2nc(OC)cc3cc(OC)ccc23)CN1C(=O)[C@@H](Nc1cc(C)cc(C)n1)C(C)C)C(=O)NS(=O)(=O)C1CC1. The van der Waals surface area contributed by atoms with Crippen LogP contribution in [0.4, 0.5) is 5.82 Å². The van der Waals surface area contributed by atoms with Crippen molar-refractivity contribution < 1.29 is 37.0 Å². The Hall–Kier alpha value is -4.92. The molecule has 1 aromatic carbocycles. The Labute approximate surface area is 303 Å². The number of benzene rings is 1. The number of aromatic nitrogens is 2. The maximum Gasteiger partial charge on any atom is 0.259 e. The van der Waals surface area contributed by atoms with Gasteiger partial charge in [0.05, 0.1) is 26.0 Å². The number of fused-ring (bicyclic) bond motifs is 1. The fourth-order valence-electron chi connectivity index (χ4n) is 6.82. The van der Waals surface area contributed by atoms with Crippen LogP contribution >= 0.6 is 0 Å². The molecule has 3 aromatic rings. The van der Waals surface area contributed by atoms with Gasteiger partial charge in [0.2, 0.25) is 33.6 Å². The van der Waals surface area contributed by atoms with E-state index >= 15 is 0 Å². The van der Waals surface area contributed by atoms with Crippen LogP contribution in [0.3, 0.4) is 0 Å². The highest BCUT2D eigenvalue weighted by molar-refractivity contribution is 7.91. The second-order valence-corrected chi connectivity index (χ2v) is 16.2. The van der Waals surface area contributed by atoms with Gasteiger partial charge in [-0.2, -0.15) is 4.98 Å². The summed E-state index contributed by atoms with van der Waals surface area (Å²) in [6.45, 7) is 11.4. The second kappa shape index (κ2) is 14.2. The van der Waals surface area contributed by atoms with Crippen LogP contribution < -0.4 is 29.6 Å². The van der Waals surface area contributed by atoms with E-state index in [1.165, 1.54) is 18.1 Å². The van der Waals surface area contributed by atoms with Crippen LogP contribution in [0.15, 0.2) is 49.1 Å². The maximum absolute atomic E-state index is 14.5. The highest BCUT2D eigenvalue weighted by atomic mass is 32.2. The molecule has 3 N–H and O–H groups in total. The summed E-state index contributed by atoms with van der Waals surface area (Å²) in [5, 5.41) is 6.93. The summed E-state index contributed by atoms with van der Waals surface area (Å²) in [5.74, 6) is -0.769. The Balaban J connectivity index is 1.31. The largest absolute Gasteiger partial charge is 0.497 e. The summed E-state index contributed by atoms with van der Waals surface area (Å²) in [6, 6.07) is 9.12. The highest BCUT2D eigenvalue weighted by Gasteiger charge is 2.62. The van der Waals surface area contributed by atoms with Crippen molar-refractivity contribution in [2.45, 2.75) is 82.4 Å². The molecule has 2 saturated carbocycles. The standard InChI is InChI=1S/C37H46N6O8S/c1-8-24-18-37(24,36(46)42-52(47,48)27-10-11-27)41-33(44)29-17-26(51-34-28-12-9-25(49-6)15-23(28)16-31(40-34)50-7)19-43(29)35(45)32(20(2)3)39-30-14-21(4)13-22(5)38-30/h8-9,12-16,20,24,26-27,29,32H,1,10-11,17-19H2,2-7H3,(H,38,39)(H,41,44)(H,42,46)/t24-,26-,29+,32+,37-/m1/s1. The molecule has 5 atom stereocenters. The van der Waals surface area contributed by atoms with Gasteiger partial charge in [0.25, 0.3) is 5.91 Å². The lowest BCUT2D eigenvalue weighted by atomic mass is 10.0. The predicted octanol–water partition coefficient (Wildman–Crippen LogP) is 3.42. The van der Waals surface area contributed by atoms with E-state index in [0.717, 1.165) is 16.6 Å². The van der Waals surface area contributed by atoms with Crippen LogP contribution in [-0.4, -0.2) is 90.7 Å². The first-order valence-corrected chi connectivity index (χ1v) is 18.9. The van der Waals surface area contributed by atoms with Crippen molar-refractivity contribution >= 4 is 44.3 Å². The van der Waals surface area contributed by atoms with E-state index in [0.29, 0.717) is 35.7 Å². The van der Waals surface area contributed by atoms with E-state index in [2.05, 4.69) is 31.9 Å². The van der Waals surface area contributed by atoms with Gasteiger partial charge in [-0.3, -0.25) is 19.1 Å². The van der Waals surface area contributed by atoms with Gasteiger partial charge in [0.15, 0.2) is 0 Å². The summed E-state index contributed by atoms with van der Waals surface area (Å²) in [7, 11) is -0.813. The number of anilines is 1. The molecule has 278 valence electrons. The monoisotopic (exact) mass is 734 g/mol. The summed E-state index contributed by atoms with van der Waals surface area (Å²) in [4.78, 5) is 52.9. The number of nitrogens with zero attached hydrogens (tertiary/aromatic N) is 3. The first kappa shape index (κ1) is 36.9. The molecular weight excluding hydrogens is 689 g/mol. The van der Waals surface area contributed by atoms with Crippen LogP contribution in [0.1, 0.15) is 50.8 Å². The Kier molecular flexibility index (Phi) is 10.1. The number of ether oxygens (including phenoxy) is 3. The summed E-state index contributed by atoms with van der Waals surface area (Å²) in [5.41, 5.74) is 0.242. The second-order valence-electron chi connectivity index (χ2n) is 14.3. The molecule has 2 aromatic heterocycles. The number of nitrogens with one attached hydrogen (secondary N) is 3. The average Bonchev–Trinajstić information content (AvgIpc) is 4.02. The van der Waals surface area contributed by atoms with Crippen molar-refractivity contribution in [2.24, 2.45) is 11.8 Å². The Morgan fingerprint density at radius 3 is 2.42 bits per heavy atom. The third-order valence-electron chi connectivity index (χ3n) is 9.90. The molecule has 3 heterocycles. The van der Waals surface area contributed by atoms with Crippen LogP contribution in [-0.2, 0) is 24.4 Å². The average molecular weight is 735 g/mol. The Bertz CT molecular complexity index is 1990. The number of methoxy groups -OCH3 is 2. The molecule has 15 heteroatoms. The Morgan fingerprint density at radius 1 is 1.06 bits per heavy atom. The summed E-state index contributed by atoms with van der Waals surface area (Å²) < 4.78 is 44.9. The van der Waals surface area contributed by atoms with Crippen molar-refractivity contribution in [1.29, 1.82) is 0 Å². The minimum absolute atomic E-state index is 0.0266. The topological polar surface area (TPSA) is 178 Å². The van der Waals surface area contributed by atoms with Gasteiger partial charge in [-0.1, -0.05) is 19.9 Å². The van der Waals surface area contributed by atoms with E-state index in [1.807, 2.05) is 52.0 Å². The highest BCUT2D eigenvalue weighted by Crippen LogP contribution is 2.45. The molecule has 0 radical (unpaired) electrons. The third kappa shape index (κ3) is 7.50. The number of amides is 3. The number of hydrogen-bond acceptors (Lipinski definition) is 11. The fraction of sp³-hybridized carbons (Fsp3) is 0.486. The molecule has 14 nitrogen and oxygen atoms in total. The smallest absolute Gasteiger partial charge is 0.259 e. The van der Waals surface area contributed by atoms with Gasteiger partial charge in [-0.15, -0.1) is 6.58 Å². The quantitative estimate of drug-likeness (QED) is 0.207.